The van der Waals surface area contributed by atoms with Crippen LogP contribution in [0.4, 0.5) is 0 Å². The van der Waals surface area contributed by atoms with Crippen molar-refractivity contribution < 1.29 is 9.59 Å². The number of nitrogens with one attached hydrogen (secondary N) is 1. The highest BCUT2D eigenvalue weighted by molar-refractivity contribution is 5.90. The number of carbonyl (C=O) groups excluding carboxylic acids is 2. The van der Waals surface area contributed by atoms with E-state index in [-0.39, 0.29) is 0 Å². The van der Waals surface area contributed by atoms with E-state index in [4.69, 9.17) is 0 Å². The van der Waals surface area contributed by atoms with Crippen molar-refractivity contribution in [1.29, 1.82) is 0 Å². The van der Waals surface area contributed by atoms with Gasteiger partial charge in [0.05, 0.1) is 5.69 Å². The van der Waals surface area contributed by atoms with Crippen LogP contribution in [0.1, 0.15) is 32.1 Å². The van der Waals surface area contributed by atoms with E-state index in [1.165, 1.54) is 0 Å². The zero-order valence-corrected chi connectivity index (χ0v) is 6.47. The van der Waals surface area contributed by atoms with Crippen LogP contribution in [0, 0.1) is 13.8 Å². The van der Waals surface area contributed by atoms with Crippen LogP contribution in [0.3, 0.4) is 0 Å². The van der Waals surface area contributed by atoms with Gasteiger partial charge < -0.3 is 4.98 Å². The van der Waals surface area contributed by atoms with Gasteiger partial charge in [-0.15, -0.1) is 0 Å². The highest BCUT2D eigenvalue weighted by atomic mass is 16.1. The fraction of sp³-hybridized carbons (Fsp3) is 0.250. The Labute approximate surface area is 64.4 Å². The Morgan fingerprint density at radius 2 is 1.82 bits per heavy atom. The molecule has 1 aromatic rings. The summed E-state index contributed by atoms with van der Waals surface area (Å²) in [4.78, 5) is 23.6. The molecule has 0 aliphatic carbocycles. The van der Waals surface area contributed by atoms with Gasteiger partial charge in [0.15, 0.2) is 12.6 Å². The number of aromatic amines is 1. The Morgan fingerprint density at radius 3 is 2.18 bits per heavy atom. The monoisotopic (exact) mass is 151 g/mol. The van der Waals surface area contributed by atoms with Crippen LogP contribution in [0.25, 0.3) is 0 Å². The van der Waals surface area contributed by atoms with Gasteiger partial charge in [0.25, 0.3) is 0 Å². The van der Waals surface area contributed by atoms with E-state index in [2.05, 4.69) is 4.98 Å². The van der Waals surface area contributed by atoms with Crippen LogP contribution in [0.2, 0.25) is 0 Å². The zero-order valence-electron chi connectivity index (χ0n) is 6.47. The van der Waals surface area contributed by atoms with Crippen LogP contribution >= 0.6 is 0 Å². The van der Waals surface area contributed by atoms with Crippen LogP contribution in [-0.4, -0.2) is 17.6 Å². The molecule has 58 valence electrons. The molecule has 0 radical (unpaired) electrons. The molecule has 0 aromatic carbocycles. The molecule has 0 amide bonds. The van der Waals surface area contributed by atoms with Gasteiger partial charge in [-0.2, -0.15) is 0 Å². The second-order valence-electron chi connectivity index (χ2n) is 2.44. The Bertz CT molecular complexity index is 299. The van der Waals surface area contributed by atoms with Crippen molar-refractivity contribution in [3.63, 3.8) is 0 Å². The van der Waals surface area contributed by atoms with Gasteiger partial charge in [-0.1, -0.05) is 0 Å². The zero-order chi connectivity index (χ0) is 8.43. The first-order chi connectivity index (χ1) is 5.20. The average molecular weight is 151 g/mol. The largest absolute Gasteiger partial charge is 0.356 e. The molecule has 0 atom stereocenters. The minimum absolute atomic E-state index is 0.370. The van der Waals surface area contributed by atoms with Gasteiger partial charge in [0.2, 0.25) is 0 Å². The maximum atomic E-state index is 10.4. The van der Waals surface area contributed by atoms with Gasteiger partial charge >= 0.3 is 0 Å². The Hall–Kier alpha value is -1.38. The number of H-pyrrole nitrogens is 1. The van der Waals surface area contributed by atoms with E-state index < -0.39 is 0 Å². The fourth-order valence-electron chi connectivity index (χ4n) is 1.01. The molecule has 0 saturated carbocycles. The maximum absolute atomic E-state index is 10.4. The molecule has 3 nitrogen and oxygen atoms in total. The van der Waals surface area contributed by atoms with E-state index in [1.54, 1.807) is 0 Å². The van der Waals surface area contributed by atoms with Crippen molar-refractivity contribution >= 4 is 12.6 Å². The number of aromatic nitrogens is 1. The molecule has 1 N–H and O–H groups in total. The van der Waals surface area contributed by atoms with Crippen molar-refractivity contribution in [1.82, 2.24) is 4.98 Å². The average Bonchev–Trinajstić information content (AvgIpc) is 2.28. The SMILES string of the molecule is Cc1[nH]c(C=O)c(C=O)c1C. The topological polar surface area (TPSA) is 49.9 Å². The molecule has 3 heteroatoms. The molecule has 1 aromatic heterocycles. The van der Waals surface area contributed by atoms with E-state index in [0.717, 1.165) is 11.3 Å². The number of aryl methyl sites for hydroxylation is 1. The van der Waals surface area contributed by atoms with Gasteiger partial charge in [-0.05, 0) is 19.4 Å². The Morgan fingerprint density at radius 1 is 1.18 bits per heavy atom. The van der Waals surface area contributed by atoms with Crippen LogP contribution in [0.5, 0.6) is 0 Å². The lowest BCUT2D eigenvalue weighted by Crippen LogP contribution is -1.87. The lowest BCUT2D eigenvalue weighted by Gasteiger charge is -1.86. The molecule has 0 aliphatic heterocycles. The molecule has 0 aliphatic rings. The lowest BCUT2D eigenvalue weighted by molar-refractivity contribution is 0.109. The third kappa shape index (κ3) is 1.09. The summed E-state index contributed by atoms with van der Waals surface area (Å²) in [6, 6.07) is 0. The molecule has 1 rings (SSSR count). The minimum atomic E-state index is 0.370. The van der Waals surface area contributed by atoms with Crippen molar-refractivity contribution in [2.24, 2.45) is 0 Å². The molecule has 0 fully saturated rings. The fourth-order valence-corrected chi connectivity index (χ4v) is 1.01. The number of aldehydes is 2. The predicted molar refractivity (Wildman–Crippen MR) is 41.0 cm³/mol. The summed E-state index contributed by atoms with van der Waals surface area (Å²) in [5.41, 5.74) is 2.56. The maximum Gasteiger partial charge on any atom is 0.166 e. The van der Waals surface area contributed by atoms with Crippen molar-refractivity contribution in [3.05, 3.63) is 22.5 Å². The Kier molecular flexibility index (Phi) is 1.89. The van der Waals surface area contributed by atoms with Crippen LogP contribution in [-0.2, 0) is 0 Å². The van der Waals surface area contributed by atoms with E-state index in [0.29, 0.717) is 23.8 Å². The molecule has 0 unspecified atom stereocenters. The second-order valence-corrected chi connectivity index (χ2v) is 2.44. The molecular formula is C8H9NO2. The van der Waals surface area contributed by atoms with Crippen molar-refractivity contribution in [2.75, 3.05) is 0 Å². The first kappa shape index (κ1) is 7.72. The normalized spacial score (nSPS) is 9.64. The van der Waals surface area contributed by atoms with Crippen LogP contribution in [0.15, 0.2) is 0 Å². The van der Waals surface area contributed by atoms with Gasteiger partial charge in [-0.3, -0.25) is 9.59 Å². The molecule has 0 bridgehead atoms. The van der Waals surface area contributed by atoms with Crippen molar-refractivity contribution in [2.45, 2.75) is 13.8 Å². The summed E-state index contributed by atoms with van der Waals surface area (Å²) in [7, 11) is 0. The smallest absolute Gasteiger partial charge is 0.166 e. The van der Waals surface area contributed by atoms with E-state index in [1.807, 2.05) is 13.8 Å². The summed E-state index contributed by atoms with van der Waals surface area (Å²) >= 11 is 0. The second kappa shape index (κ2) is 2.70. The number of carbonyl (C=O) groups is 2. The first-order valence-electron chi connectivity index (χ1n) is 3.30. The highest BCUT2D eigenvalue weighted by Gasteiger charge is 2.08. The highest BCUT2D eigenvalue weighted by Crippen LogP contribution is 2.13. The molecule has 11 heavy (non-hydrogen) atoms. The van der Waals surface area contributed by atoms with Crippen LogP contribution < -0.4 is 0 Å². The first-order valence-corrected chi connectivity index (χ1v) is 3.30. The molecular weight excluding hydrogens is 142 g/mol. The third-order valence-electron chi connectivity index (χ3n) is 1.81. The standard InChI is InChI=1S/C8H9NO2/c1-5-6(2)9-8(4-11)7(5)3-10/h3-4,9H,1-2H3. The van der Waals surface area contributed by atoms with Gasteiger partial charge in [0.1, 0.15) is 0 Å². The number of hydrogen-bond acceptors (Lipinski definition) is 2. The lowest BCUT2D eigenvalue weighted by atomic mass is 10.1. The summed E-state index contributed by atoms with van der Waals surface area (Å²) in [6.45, 7) is 3.64. The Balaban J connectivity index is 3.37. The van der Waals surface area contributed by atoms with E-state index >= 15 is 0 Å². The predicted octanol–water partition coefficient (Wildman–Crippen LogP) is 1.26. The summed E-state index contributed by atoms with van der Waals surface area (Å²) in [5.74, 6) is 0. The number of hydrogen-bond donors (Lipinski definition) is 1. The molecule has 0 saturated heterocycles. The quantitative estimate of drug-likeness (QED) is 0.647. The minimum Gasteiger partial charge on any atom is -0.356 e. The summed E-state index contributed by atoms with van der Waals surface area (Å²) < 4.78 is 0. The van der Waals surface area contributed by atoms with E-state index in [9.17, 15) is 9.59 Å². The van der Waals surface area contributed by atoms with Crippen molar-refractivity contribution in [3.8, 4) is 0 Å². The third-order valence-corrected chi connectivity index (χ3v) is 1.81. The molecule has 1 heterocycles. The van der Waals surface area contributed by atoms with Gasteiger partial charge in [-0.25, -0.2) is 0 Å². The summed E-state index contributed by atoms with van der Waals surface area (Å²) in [6.07, 6.45) is 1.35. The van der Waals surface area contributed by atoms with Gasteiger partial charge in [0, 0.05) is 11.3 Å². The molecule has 0 spiro atoms. The number of rotatable bonds is 2. The summed E-state index contributed by atoms with van der Waals surface area (Å²) in [5, 5.41) is 0.